The Labute approximate surface area is 123 Å². The van der Waals surface area contributed by atoms with Crippen molar-refractivity contribution in [3.05, 3.63) is 52.3 Å². The van der Waals surface area contributed by atoms with Crippen LogP contribution in [0.1, 0.15) is 11.1 Å². The van der Waals surface area contributed by atoms with E-state index in [1.165, 1.54) is 12.1 Å². The van der Waals surface area contributed by atoms with Crippen LogP contribution < -0.4 is 11.1 Å². The molecule has 0 atom stereocenters. The molecule has 112 valence electrons. The van der Waals surface area contributed by atoms with Crippen molar-refractivity contribution in [2.75, 3.05) is 11.1 Å². The fourth-order valence-electron chi connectivity index (χ4n) is 1.74. The second kappa shape index (κ2) is 5.44. The smallest absolute Gasteiger partial charge is 0.397 e. The van der Waals surface area contributed by atoms with E-state index in [1.807, 2.05) is 0 Å². The molecule has 0 fully saturated rings. The Hall–Kier alpha value is -1.95. The zero-order chi connectivity index (χ0) is 15.8. The summed E-state index contributed by atoms with van der Waals surface area (Å²) in [5.74, 6) is -0.462. The van der Waals surface area contributed by atoms with Gasteiger partial charge in [0.1, 0.15) is 5.82 Å². The highest BCUT2D eigenvalue weighted by Crippen LogP contribution is 2.35. The van der Waals surface area contributed by atoms with Gasteiger partial charge < -0.3 is 11.1 Å². The lowest BCUT2D eigenvalue weighted by atomic mass is 10.1. The van der Waals surface area contributed by atoms with E-state index in [2.05, 4.69) is 5.32 Å². The summed E-state index contributed by atoms with van der Waals surface area (Å²) in [5.41, 5.74) is 5.93. The summed E-state index contributed by atoms with van der Waals surface area (Å²) in [4.78, 5) is 0. The topological polar surface area (TPSA) is 38.0 Å². The maximum atomic E-state index is 13.3. The maximum absolute atomic E-state index is 13.3. The van der Waals surface area contributed by atoms with Crippen LogP contribution in [0.5, 0.6) is 0 Å². The molecule has 0 heterocycles. The molecule has 7 heteroatoms. The largest absolute Gasteiger partial charge is 0.416 e. The molecular weight excluding hydrogens is 308 g/mol. The Morgan fingerprint density at radius 3 is 2.33 bits per heavy atom. The Balaban J connectivity index is 2.35. The molecule has 0 aliphatic rings. The molecule has 0 saturated carbocycles. The summed E-state index contributed by atoms with van der Waals surface area (Å²) in [5, 5.41) is 2.69. The fraction of sp³-hybridized carbons (Fsp3) is 0.143. The quantitative estimate of drug-likeness (QED) is 0.595. The minimum Gasteiger partial charge on any atom is -0.397 e. The summed E-state index contributed by atoms with van der Waals surface area (Å²) in [6.45, 7) is 1.55. The molecule has 0 bridgehead atoms. The van der Waals surface area contributed by atoms with Crippen molar-refractivity contribution in [3.8, 4) is 0 Å². The van der Waals surface area contributed by atoms with Crippen LogP contribution in [0.15, 0.2) is 30.3 Å². The van der Waals surface area contributed by atoms with Gasteiger partial charge in [0.15, 0.2) is 0 Å². The van der Waals surface area contributed by atoms with Gasteiger partial charge in [0, 0.05) is 0 Å². The molecule has 21 heavy (non-hydrogen) atoms. The molecule has 2 rings (SSSR count). The van der Waals surface area contributed by atoms with E-state index in [0.717, 1.165) is 18.2 Å². The number of halogens is 5. The SMILES string of the molecule is Cc1cc(Nc2ccc(C(F)(F)F)cc2Cl)c(N)cc1F. The zero-order valence-corrected chi connectivity index (χ0v) is 11.6. The molecule has 0 spiro atoms. The van der Waals surface area contributed by atoms with E-state index in [4.69, 9.17) is 17.3 Å². The Bertz CT molecular complexity index is 683. The van der Waals surface area contributed by atoms with E-state index in [9.17, 15) is 17.6 Å². The summed E-state index contributed by atoms with van der Waals surface area (Å²) < 4.78 is 50.9. The summed E-state index contributed by atoms with van der Waals surface area (Å²) in [6.07, 6.45) is -4.46. The number of nitrogens with one attached hydrogen (secondary N) is 1. The predicted octanol–water partition coefficient (Wildman–Crippen LogP) is 5.13. The Morgan fingerprint density at radius 2 is 1.76 bits per heavy atom. The highest BCUT2D eigenvalue weighted by atomic mass is 35.5. The monoisotopic (exact) mass is 318 g/mol. The maximum Gasteiger partial charge on any atom is 0.416 e. The molecule has 3 N–H and O–H groups in total. The lowest BCUT2D eigenvalue weighted by Gasteiger charge is -2.14. The molecule has 2 aromatic rings. The first kappa shape index (κ1) is 15.4. The number of aryl methyl sites for hydroxylation is 1. The first-order chi connectivity index (χ1) is 9.68. The van der Waals surface area contributed by atoms with Crippen LogP contribution in [0.25, 0.3) is 0 Å². The van der Waals surface area contributed by atoms with E-state index < -0.39 is 17.6 Å². The number of nitrogens with two attached hydrogens (primary N) is 1. The molecule has 0 amide bonds. The second-order valence-corrected chi connectivity index (χ2v) is 4.91. The Kier molecular flexibility index (Phi) is 4.00. The first-order valence-electron chi connectivity index (χ1n) is 5.88. The van der Waals surface area contributed by atoms with E-state index in [0.29, 0.717) is 11.3 Å². The van der Waals surface area contributed by atoms with Crippen LogP contribution in [0.3, 0.4) is 0 Å². The lowest BCUT2D eigenvalue weighted by molar-refractivity contribution is -0.137. The second-order valence-electron chi connectivity index (χ2n) is 4.51. The first-order valence-corrected chi connectivity index (χ1v) is 6.25. The molecule has 0 radical (unpaired) electrons. The van der Waals surface area contributed by atoms with Gasteiger partial charge in [0.2, 0.25) is 0 Å². The average molecular weight is 319 g/mol. The summed E-state index contributed by atoms with van der Waals surface area (Å²) in [6, 6.07) is 5.51. The molecule has 0 unspecified atom stereocenters. The van der Waals surface area contributed by atoms with E-state index in [-0.39, 0.29) is 16.4 Å². The highest BCUT2D eigenvalue weighted by Gasteiger charge is 2.30. The molecule has 0 aliphatic carbocycles. The van der Waals surface area contributed by atoms with Gasteiger partial charge in [-0.15, -0.1) is 0 Å². The third-order valence-electron chi connectivity index (χ3n) is 2.90. The Morgan fingerprint density at radius 1 is 1.10 bits per heavy atom. The van der Waals surface area contributed by atoms with Crippen LogP contribution in [-0.2, 0) is 6.18 Å². The van der Waals surface area contributed by atoms with Crippen LogP contribution in [0.2, 0.25) is 5.02 Å². The van der Waals surface area contributed by atoms with Crippen molar-refractivity contribution in [2.45, 2.75) is 13.1 Å². The zero-order valence-electron chi connectivity index (χ0n) is 10.9. The molecule has 0 saturated heterocycles. The third-order valence-corrected chi connectivity index (χ3v) is 3.21. The van der Waals surface area contributed by atoms with E-state index >= 15 is 0 Å². The summed E-state index contributed by atoms with van der Waals surface area (Å²) in [7, 11) is 0. The van der Waals surface area contributed by atoms with Crippen molar-refractivity contribution in [3.63, 3.8) is 0 Å². The predicted molar refractivity (Wildman–Crippen MR) is 75.3 cm³/mol. The number of hydrogen-bond acceptors (Lipinski definition) is 2. The lowest BCUT2D eigenvalue weighted by Crippen LogP contribution is -2.05. The molecular formula is C14H11ClF4N2. The normalized spacial score (nSPS) is 11.5. The highest BCUT2D eigenvalue weighted by molar-refractivity contribution is 6.33. The molecule has 2 nitrogen and oxygen atoms in total. The molecule has 0 aromatic heterocycles. The van der Waals surface area contributed by atoms with Gasteiger partial charge in [0.05, 0.1) is 27.6 Å². The van der Waals surface area contributed by atoms with Gasteiger partial charge in [-0.05, 0) is 42.8 Å². The minimum atomic E-state index is -4.46. The number of anilines is 3. The van der Waals surface area contributed by atoms with Crippen molar-refractivity contribution in [1.82, 2.24) is 0 Å². The number of nitrogen functional groups attached to an aromatic ring is 1. The van der Waals surface area contributed by atoms with Gasteiger partial charge >= 0.3 is 6.18 Å². The van der Waals surface area contributed by atoms with Crippen LogP contribution >= 0.6 is 11.6 Å². The molecule has 0 aliphatic heterocycles. The number of rotatable bonds is 2. The van der Waals surface area contributed by atoms with Gasteiger partial charge in [-0.3, -0.25) is 0 Å². The fourth-order valence-corrected chi connectivity index (χ4v) is 1.97. The van der Waals surface area contributed by atoms with Crippen molar-refractivity contribution in [2.24, 2.45) is 0 Å². The van der Waals surface area contributed by atoms with Crippen LogP contribution in [-0.4, -0.2) is 0 Å². The summed E-state index contributed by atoms with van der Waals surface area (Å²) >= 11 is 5.83. The van der Waals surface area contributed by atoms with Crippen molar-refractivity contribution < 1.29 is 17.6 Å². The van der Waals surface area contributed by atoms with Gasteiger partial charge in [-0.2, -0.15) is 13.2 Å². The van der Waals surface area contributed by atoms with Crippen molar-refractivity contribution in [1.29, 1.82) is 0 Å². The molecule has 2 aromatic carbocycles. The van der Waals surface area contributed by atoms with Gasteiger partial charge in [-0.1, -0.05) is 11.6 Å². The van der Waals surface area contributed by atoms with Gasteiger partial charge in [-0.25, -0.2) is 4.39 Å². The number of benzene rings is 2. The van der Waals surface area contributed by atoms with E-state index in [1.54, 1.807) is 6.92 Å². The van der Waals surface area contributed by atoms with Gasteiger partial charge in [0.25, 0.3) is 0 Å². The number of alkyl halides is 3. The van der Waals surface area contributed by atoms with Crippen molar-refractivity contribution >= 4 is 28.7 Å². The number of hydrogen-bond donors (Lipinski definition) is 2. The van der Waals surface area contributed by atoms with Crippen LogP contribution in [0.4, 0.5) is 34.6 Å². The average Bonchev–Trinajstić information content (AvgIpc) is 2.36. The minimum absolute atomic E-state index is 0.105. The van der Waals surface area contributed by atoms with Crippen LogP contribution in [0, 0.1) is 12.7 Å². The standard InChI is InChI=1S/C14H11ClF4N2/c1-7-4-13(11(20)6-10(7)16)21-12-3-2-8(5-9(12)15)14(17,18)19/h2-6,21H,20H2,1H3. The third kappa shape index (κ3) is 3.39.